The van der Waals surface area contributed by atoms with Gasteiger partial charge in [0.1, 0.15) is 11.6 Å². The van der Waals surface area contributed by atoms with E-state index in [1.807, 2.05) is 41.5 Å². The third-order valence-electron chi connectivity index (χ3n) is 4.17. The predicted octanol–water partition coefficient (Wildman–Crippen LogP) is 3.83. The Morgan fingerprint density at radius 2 is 1.40 bits per heavy atom. The van der Waals surface area contributed by atoms with Crippen LogP contribution in [0.1, 0.15) is 87.5 Å². The number of hydrogen-bond donors (Lipinski definition) is 1. The van der Waals surface area contributed by atoms with E-state index in [2.05, 4.69) is 5.32 Å². The van der Waals surface area contributed by atoms with E-state index in [4.69, 9.17) is 4.74 Å². The average Bonchev–Trinajstić information content (AvgIpc) is 2.32. The van der Waals surface area contributed by atoms with Crippen molar-refractivity contribution < 1.29 is 19.1 Å². The molecular weight excluding hydrogens is 318 g/mol. The lowest BCUT2D eigenvalue weighted by atomic mass is 9.83. The first kappa shape index (κ1) is 23.8. The minimum Gasteiger partial charge on any atom is -0.375 e. The van der Waals surface area contributed by atoms with E-state index in [9.17, 15) is 14.4 Å². The number of amides is 1. The van der Waals surface area contributed by atoms with Crippen LogP contribution in [0.25, 0.3) is 0 Å². The summed E-state index contributed by atoms with van der Waals surface area (Å²) in [6, 6.07) is 0. The molecule has 0 bridgehead atoms. The van der Waals surface area contributed by atoms with E-state index in [0.717, 1.165) is 0 Å². The highest BCUT2D eigenvalue weighted by molar-refractivity contribution is 5.78. The quantitative estimate of drug-likeness (QED) is 0.577. The van der Waals surface area contributed by atoms with Gasteiger partial charge in [0.15, 0.2) is 0 Å². The Balaban J connectivity index is 4.39. The molecule has 5 nitrogen and oxygen atoms in total. The number of carbonyl (C=O) groups is 3. The van der Waals surface area contributed by atoms with Crippen LogP contribution in [-0.4, -0.2) is 35.2 Å². The monoisotopic (exact) mass is 355 g/mol. The van der Waals surface area contributed by atoms with Crippen LogP contribution in [-0.2, 0) is 19.1 Å². The smallest absolute Gasteiger partial charge is 0.220 e. The van der Waals surface area contributed by atoms with Crippen molar-refractivity contribution in [1.29, 1.82) is 0 Å². The summed E-state index contributed by atoms with van der Waals surface area (Å²) in [5.74, 6) is 0.242. The molecule has 146 valence electrons. The van der Waals surface area contributed by atoms with Gasteiger partial charge in [-0.1, -0.05) is 13.8 Å². The minimum atomic E-state index is -0.486. The zero-order chi connectivity index (χ0) is 19.9. The summed E-state index contributed by atoms with van der Waals surface area (Å²) in [6.45, 7) is 15.4. The van der Waals surface area contributed by atoms with Gasteiger partial charge in [-0.15, -0.1) is 0 Å². The van der Waals surface area contributed by atoms with E-state index in [1.165, 1.54) is 0 Å². The molecule has 0 aliphatic carbocycles. The van der Waals surface area contributed by atoms with Crippen molar-refractivity contribution in [3.05, 3.63) is 0 Å². The Morgan fingerprint density at radius 3 is 1.88 bits per heavy atom. The van der Waals surface area contributed by atoms with Crippen LogP contribution in [0, 0.1) is 5.41 Å². The zero-order valence-corrected chi connectivity index (χ0v) is 17.4. The Labute approximate surface area is 153 Å². The molecule has 5 heteroatoms. The highest BCUT2D eigenvalue weighted by Gasteiger charge is 2.27. The number of hydrogen-bond acceptors (Lipinski definition) is 4. The number of ether oxygens (including phenoxy) is 1. The molecule has 1 amide bonds. The summed E-state index contributed by atoms with van der Waals surface area (Å²) >= 11 is 0. The normalized spacial score (nSPS) is 12.8. The summed E-state index contributed by atoms with van der Waals surface area (Å²) in [5.41, 5.74) is -1.08. The molecule has 0 aromatic carbocycles. The maximum Gasteiger partial charge on any atom is 0.220 e. The summed E-state index contributed by atoms with van der Waals surface area (Å²) in [5, 5.41) is 3.06. The van der Waals surface area contributed by atoms with E-state index in [-0.39, 0.29) is 28.4 Å². The van der Waals surface area contributed by atoms with Crippen LogP contribution in [0.5, 0.6) is 0 Å². The lowest BCUT2D eigenvalue weighted by Crippen LogP contribution is -2.46. The van der Waals surface area contributed by atoms with Crippen molar-refractivity contribution >= 4 is 17.5 Å². The van der Waals surface area contributed by atoms with Crippen molar-refractivity contribution in [2.75, 3.05) is 6.61 Å². The first-order chi connectivity index (χ1) is 11.1. The van der Waals surface area contributed by atoms with Crippen LogP contribution in [0.15, 0.2) is 0 Å². The van der Waals surface area contributed by atoms with Crippen LogP contribution in [0.2, 0.25) is 0 Å². The van der Waals surface area contributed by atoms with Gasteiger partial charge in [-0.05, 0) is 59.8 Å². The van der Waals surface area contributed by atoms with E-state index in [0.29, 0.717) is 38.7 Å². The van der Waals surface area contributed by atoms with E-state index >= 15 is 0 Å². The van der Waals surface area contributed by atoms with Crippen molar-refractivity contribution in [1.82, 2.24) is 5.32 Å². The molecule has 0 rings (SSSR count). The van der Waals surface area contributed by atoms with Crippen molar-refractivity contribution in [2.24, 2.45) is 5.41 Å². The summed E-state index contributed by atoms with van der Waals surface area (Å²) in [6.07, 6.45) is 2.64. The van der Waals surface area contributed by atoms with Crippen LogP contribution in [0.3, 0.4) is 0 Å². The third-order valence-corrected chi connectivity index (χ3v) is 4.17. The molecule has 0 heterocycles. The molecule has 0 spiro atoms. The van der Waals surface area contributed by atoms with Gasteiger partial charge in [-0.3, -0.25) is 9.59 Å². The SMILES string of the molecule is CC(=O)CCC(C)(C)CC(=O)NC(C)(C)CCOC(C)(C)CC(C)=O. The second-order valence-electron chi connectivity index (χ2n) is 9.21. The van der Waals surface area contributed by atoms with Crippen LogP contribution in [0.4, 0.5) is 0 Å². The standard InChI is InChI=1S/C20H37NO4/c1-15(22)9-10-18(3,4)14-17(24)21-19(5,6)11-12-25-20(7,8)13-16(2)23/h9-14H2,1-8H3,(H,21,24). The highest BCUT2D eigenvalue weighted by atomic mass is 16.5. The molecule has 0 aromatic heterocycles. The van der Waals surface area contributed by atoms with Gasteiger partial charge < -0.3 is 14.8 Å². The molecule has 0 radical (unpaired) electrons. The first-order valence-electron chi connectivity index (χ1n) is 9.08. The molecule has 0 atom stereocenters. The molecule has 0 aromatic rings. The lowest BCUT2D eigenvalue weighted by molar-refractivity contribution is -0.126. The number of Topliss-reactive ketones (excluding diaryl/α,β-unsaturated/α-hetero) is 2. The summed E-state index contributed by atoms with van der Waals surface area (Å²) < 4.78 is 5.81. The van der Waals surface area contributed by atoms with Crippen molar-refractivity contribution in [3.63, 3.8) is 0 Å². The topological polar surface area (TPSA) is 72.5 Å². The molecule has 0 saturated heterocycles. The van der Waals surface area contributed by atoms with Gasteiger partial charge in [0.05, 0.1) is 5.60 Å². The summed E-state index contributed by atoms with van der Waals surface area (Å²) in [7, 11) is 0. The second kappa shape index (κ2) is 9.46. The summed E-state index contributed by atoms with van der Waals surface area (Å²) in [4.78, 5) is 34.7. The van der Waals surface area contributed by atoms with E-state index in [1.54, 1.807) is 13.8 Å². The number of rotatable bonds is 12. The van der Waals surface area contributed by atoms with Gasteiger partial charge in [0.25, 0.3) is 0 Å². The van der Waals surface area contributed by atoms with Gasteiger partial charge in [-0.2, -0.15) is 0 Å². The van der Waals surface area contributed by atoms with Crippen LogP contribution < -0.4 is 5.32 Å². The molecule has 0 saturated carbocycles. The predicted molar refractivity (Wildman–Crippen MR) is 100 cm³/mol. The van der Waals surface area contributed by atoms with E-state index < -0.39 is 5.60 Å². The van der Waals surface area contributed by atoms with Crippen molar-refractivity contribution in [2.45, 2.75) is 98.6 Å². The van der Waals surface area contributed by atoms with Gasteiger partial charge in [0.2, 0.25) is 5.91 Å². The minimum absolute atomic E-state index is 0.0125. The fourth-order valence-corrected chi connectivity index (χ4v) is 2.75. The van der Waals surface area contributed by atoms with Gasteiger partial charge in [0, 0.05) is 31.4 Å². The zero-order valence-electron chi connectivity index (χ0n) is 17.4. The molecule has 0 aliphatic heterocycles. The molecule has 25 heavy (non-hydrogen) atoms. The molecule has 0 fully saturated rings. The third kappa shape index (κ3) is 12.7. The largest absolute Gasteiger partial charge is 0.375 e. The Morgan fingerprint density at radius 1 is 0.840 bits per heavy atom. The fraction of sp³-hybridized carbons (Fsp3) is 0.850. The van der Waals surface area contributed by atoms with Crippen LogP contribution >= 0.6 is 0 Å². The highest BCUT2D eigenvalue weighted by Crippen LogP contribution is 2.27. The lowest BCUT2D eigenvalue weighted by Gasteiger charge is -2.31. The fourth-order valence-electron chi connectivity index (χ4n) is 2.75. The molecule has 0 aliphatic rings. The molecular formula is C20H37NO4. The van der Waals surface area contributed by atoms with Gasteiger partial charge in [-0.25, -0.2) is 0 Å². The van der Waals surface area contributed by atoms with Crippen molar-refractivity contribution in [3.8, 4) is 0 Å². The molecule has 1 N–H and O–H groups in total. The Hall–Kier alpha value is -1.23. The average molecular weight is 356 g/mol. The van der Waals surface area contributed by atoms with Gasteiger partial charge >= 0.3 is 0 Å². The Kier molecular flexibility index (Phi) is 9.00. The maximum absolute atomic E-state index is 12.3. The second-order valence-corrected chi connectivity index (χ2v) is 9.21. The number of ketones is 2. The molecule has 0 unspecified atom stereocenters. The first-order valence-corrected chi connectivity index (χ1v) is 9.08. The number of carbonyl (C=O) groups excluding carboxylic acids is 3. The maximum atomic E-state index is 12.3. The number of nitrogens with one attached hydrogen (secondary N) is 1. The Bertz CT molecular complexity index is 478.